The summed E-state index contributed by atoms with van der Waals surface area (Å²) in [5.74, 6) is 4.01. The first-order valence-corrected chi connectivity index (χ1v) is 9.04. The van der Waals surface area contributed by atoms with E-state index in [1.165, 1.54) is 13.0 Å². The zero-order valence-electron chi connectivity index (χ0n) is 9.98. The zero-order valence-corrected chi connectivity index (χ0v) is 10.9. The molecule has 4 aliphatic heterocycles. The molecule has 6 rings (SSSR count). The molecule has 2 heteroatoms. The molecule has 5 fully saturated rings. The predicted molar refractivity (Wildman–Crippen MR) is 67.0 cm³/mol. The van der Waals surface area contributed by atoms with Gasteiger partial charge in [0, 0.05) is 6.54 Å². The van der Waals surface area contributed by atoms with Gasteiger partial charge < -0.3 is 0 Å². The average molecular weight is 232 g/mol. The van der Waals surface area contributed by atoms with E-state index in [-0.39, 0.29) is 0 Å². The third-order valence-electron chi connectivity index (χ3n) is 7.90. The van der Waals surface area contributed by atoms with Crippen molar-refractivity contribution in [2.45, 2.75) is 42.5 Å². The molecule has 0 radical (unpaired) electrons. The first-order chi connectivity index (χ1) is 7.75. The number of hydrogen-bond donors (Lipinski definition) is 1. The number of fused-ring (bicyclic) bond motifs is 1. The molecule has 0 aromatic heterocycles. The lowest BCUT2D eigenvalue weighted by Gasteiger charge is -2.46. The van der Waals surface area contributed by atoms with Crippen molar-refractivity contribution in [1.29, 1.82) is 0 Å². The van der Waals surface area contributed by atoms with E-state index in [4.69, 9.17) is 0 Å². The third-order valence-corrected chi connectivity index (χ3v) is 14.1. The predicted octanol–water partition coefficient (Wildman–Crippen LogP) is 2.30. The molecule has 1 N–H and O–H groups in total. The van der Waals surface area contributed by atoms with E-state index in [0.717, 1.165) is 45.4 Å². The Bertz CT molecular complexity index is 487. The largest absolute Gasteiger partial charge is 0.275 e. The second-order valence-corrected chi connectivity index (χ2v) is 11.4. The summed E-state index contributed by atoms with van der Waals surface area (Å²) >= 11 is 0. The molecule has 9 unspecified atom stereocenters. The van der Waals surface area contributed by atoms with E-state index in [9.17, 15) is 0 Å². The summed E-state index contributed by atoms with van der Waals surface area (Å²) in [5.41, 5.74) is 3.09. The van der Waals surface area contributed by atoms with Crippen LogP contribution in [0.25, 0.3) is 0 Å². The van der Waals surface area contributed by atoms with E-state index >= 15 is 0 Å². The molecular weight excluding hydrogens is 213 g/mol. The van der Waals surface area contributed by atoms with Crippen LogP contribution in [0.5, 0.6) is 0 Å². The van der Waals surface area contributed by atoms with Gasteiger partial charge in [0.1, 0.15) is 5.66 Å². The van der Waals surface area contributed by atoms with Crippen molar-refractivity contribution >= 4 is 7.26 Å². The Morgan fingerprint density at radius 2 is 2.19 bits per heavy atom. The first-order valence-electron chi connectivity index (χ1n) is 7.05. The van der Waals surface area contributed by atoms with Crippen LogP contribution in [0.15, 0.2) is 12.2 Å². The summed E-state index contributed by atoms with van der Waals surface area (Å²) in [7, 11) is -0.434. The van der Waals surface area contributed by atoms with Crippen LogP contribution >= 0.6 is 7.26 Å². The maximum atomic E-state index is 3.86. The number of piperidine rings is 1. The topological polar surface area (TPSA) is 12.0 Å². The van der Waals surface area contributed by atoms with E-state index in [1.54, 1.807) is 0 Å². The lowest BCUT2D eigenvalue weighted by atomic mass is 9.59. The molecule has 1 nitrogen and oxygen atoms in total. The van der Waals surface area contributed by atoms with E-state index < -0.39 is 7.26 Å². The highest BCUT2D eigenvalue weighted by Crippen LogP contribution is 3.26. The van der Waals surface area contributed by atoms with Gasteiger partial charge in [0.05, 0.1) is 18.3 Å². The van der Waals surface area contributed by atoms with Gasteiger partial charge in [-0.1, -0.05) is 19.9 Å². The van der Waals surface area contributed by atoms with Gasteiger partial charge >= 0.3 is 0 Å². The van der Waals surface area contributed by atoms with Crippen LogP contribution in [-0.2, 0) is 0 Å². The molecule has 84 valence electrons. The third kappa shape index (κ3) is 0.379. The molecule has 9 atom stereocenters. The summed E-state index contributed by atoms with van der Waals surface area (Å²) in [6, 6.07) is 0. The Morgan fingerprint density at radius 1 is 1.31 bits per heavy atom. The van der Waals surface area contributed by atoms with Crippen molar-refractivity contribution in [2.75, 3.05) is 6.54 Å². The second-order valence-electron chi connectivity index (χ2n) is 7.34. The van der Waals surface area contributed by atoms with Gasteiger partial charge in [0.15, 0.2) is 10.9 Å². The molecule has 0 aromatic carbocycles. The van der Waals surface area contributed by atoms with Crippen molar-refractivity contribution in [3.8, 4) is 0 Å². The first kappa shape index (κ1) is 8.27. The molecule has 2 bridgehead atoms. The van der Waals surface area contributed by atoms with Crippen molar-refractivity contribution in [3.05, 3.63) is 12.2 Å². The van der Waals surface area contributed by atoms with Crippen LogP contribution in [0.3, 0.4) is 0 Å². The number of hydrogen-bond acceptors (Lipinski definition) is 1. The van der Waals surface area contributed by atoms with Crippen molar-refractivity contribution < 1.29 is 0 Å². The van der Waals surface area contributed by atoms with Crippen LogP contribution in [0.4, 0.5) is 0 Å². The Labute approximate surface area is 97.4 Å². The maximum Gasteiger partial charge on any atom is 0.181 e. The summed E-state index contributed by atoms with van der Waals surface area (Å²) < 4.78 is 0. The smallest absolute Gasteiger partial charge is 0.181 e. The van der Waals surface area contributed by atoms with Crippen LogP contribution in [0.1, 0.15) is 20.3 Å². The van der Waals surface area contributed by atoms with Crippen LogP contribution in [-0.4, -0.2) is 28.8 Å². The molecule has 1 saturated carbocycles. The van der Waals surface area contributed by atoms with E-state index in [0.29, 0.717) is 0 Å². The minimum absolute atomic E-state index is 0.434. The van der Waals surface area contributed by atoms with Crippen LogP contribution in [0, 0.1) is 23.2 Å². The summed E-state index contributed by atoms with van der Waals surface area (Å²) in [5, 5.41) is 4.76. The van der Waals surface area contributed by atoms with Crippen LogP contribution < -0.4 is 5.32 Å². The van der Waals surface area contributed by atoms with Gasteiger partial charge in [0.2, 0.25) is 0 Å². The minimum atomic E-state index is -0.434. The van der Waals surface area contributed by atoms with Crippen molar-refractivity contribution in [3.63, 3.8) is 0 Å². The quantitative estimate of drug-likeness (QED) is 0.499. The van der Waals surface area contributed by atoms with E-state index in [2.05, 4.69) is 31.3 Å². The fourth-order valence-corrected chi connectivity index (χ4v) is 16.6. The fourth-order valence-electron chi connectivity index (χ4n) is 7.87. The molecular formula is C14H19NP+. The highest BCUT2D eigenvalue weighted by molar-refractivity contribution is 7.97. The SMILES string of the molecule is CC1CC2C=CC3C45C6NCC(C14C2C)[P+]365. The number of nitrogens with one attached hydrogen (secondary N) is 1. The van der Waals surface area contributed by atoms with Gasteiger partial charge in [-0.3, -0.25) is 5.32 Å². The van der Waals surface area contributed by atoms with Gasteiger partial charge in [-0.2, -0.15) is 0 Å². The van der Waals surface area contributed by atoms with Gasteiger partial charge in [-0.05, 0) is 30.3 Å². The fraction of sp³-hybridized carbons (Fsp3) is 0.857. The molecule has 0 amide bonds. The lowest BCUT2D eigenvalue weighted by molar-refractivity contribution is 0.0790. The zero-order chi connectivity index (χ0) is 10.5. The Balaban J connectivity index is 1.71. The van der Waals surface area contributed by atoms with Crippen molar-refractivity contribution in [1.82, 2.24) is 5.32 Å². The average Bonchev–Trinajstić information content (AvgIpc) is 2.84. The van der Waals surface area contributed by atoms with Crippen molar-refractivity contribution in [2.24, 2.45) is 23.2 Å². The lowest BCUT2D eigenvalue weighted by Crippen LogP contribution is -2.60. The van der Waals surface area contributed by atoms with Gasteiger partial charge in [0.25, 0.3) is 0 Å². The maximum absolute atomic E-state index is 3.86. The molecule has 6 aliphatic rings. The Morgan fingerprint density at radius 3 is 3.06 bits per heavy atom. The normalized spacial score (nSPS) is 83.4. The summed E-state index contributed by atoms with van der Waals surface area (Å²) in [6.45, 7) is 6.57. The molecule has 4 heterocycles. The Kier molecular flexibility index (Phi) is 0.923. The standard InChI is InChI=1S/C14H19NP/c1-7-5-9-3-4-10-14-12-15-6-11(16(10,12)14)13(7,14)8(9)2/h3-4,7-12,15H,5-6H2,1-2H3/q+1. The van der Waals surface area contributed by atoms with Gasteiger partial charge in [-0.15, -0.1) is 0 Å². The number of rotatable bonds is 0. The highest BCUT2D eigenvalue weighted by atomic mass is 31.2. The van der Waals surface area contributed by atoms with Crippen LogP contribution in [0.2, 0.25) is 0 Å². The number of allylic oxidation sites excluding steroid dienone is 2. The highest BCUT2D eigenvalue weighted by Gasteiger charge is 3.25. The summed E-state index contributed by atoms with van der Waals surface area (Å²) in [4.78, 5) is 0. The second kappa shape index (κ2) is 1.79. The molecule has 0 aromatic rings. The Hall–Kier alpha value is 0.130. The molecule has 16 heavy (non-hydrogen) atoms. The van der Waals surface area contributed by atoms with E-state index in [1.807, 2.05) is 0 Å². The monoisotopic (exact) mass is 232 g/mol. The molecule has 2 aliphatic carbocycles. The summed E-state index contributed by atoms with van der Waals surface area (Å²) in [6.07, 6.45) is 6.82. The molecule has 3 spiro atoms. The minimum Gasteiger partial charge on any atom is -0.275 e. The van der Waals surface area contributed by atoms with Gasteiger partial charge in [-0.25, -0.2) is 0 Å². The molecule has 4 saturated heterocycles.